The lowest BCUT2D eigenvalue weighted by atomic mass is 9.84. The molecule has 4 rings (SSSR count). The van der Waals surface area contributed by atoms with Crippen molar-refractivity contribution in [3.05, 3.63) is 95.3 Å². The van der Waals surface area contributed by atoms with Crippen molar-refractivity contribution >= 4 is 0 Å². The van der Waals surface area contributed by atoms with Gasteiger partial charge in [0, 0.05) is 23.5 Å². The Morgan fingerprint density at radius 3 is 1.00 bits per heavy atom. The van der Waals surface area contributed by atoms with Gasteiger partial charge in [0.15, 0.2) is 0 Å². The first kappa shape index (κ1) is 37.7. The third kappa shape index (κ3) is 10.3. The zero-order valence-corrected chi connectivity index (χ0v) is 31.2. The van der Waals surface area contributed by atoms with Gasteiger partial charge in [-0.3, -0.25) is 9.97 Å². The van der Waals surface area contributed by atoms with Gasteiger partial charge in [-0.25, -0.2) is 0 Å². The van der Waals surface area contributed by atoms with Crippen LogP contribution in [0.5, 0.6) is 11.5 Å². The maximum atomic E-state index is 6.71. The number of benzene rings is 2. The summed E-state index contributed by atoms with van der Waals surface area (Å²) in [6.45, 7) is 34.8. The van der Waals surface area contributed by atoms with Crippen LogP contribution in [0.15, 0.2) is 73.1 Å². The summed E-state index contributed by atoms with van der Waals surface area (Å²) >= 11 is 0. The van der Waals surface area contributed by atoms with Crippen LogP contribution >= 0.6 is 0 Å². The molecule has 45 heavy (non-hydrogen) atoms. The summed E-state index contributed by atoms with van der Waals surface area (Å²) in [5, 5.41) is 0. The van der Waals surface area contributed by atoms with E-state index < -0.39 is 0 Å². The van der Waals surface area contributed by atoms with Crippen LogP contribution in [-0.2, 0) is 21.7 Å². The van der Waals surface area contributed by atoms with E-state index in [0.29, 0.717) is 0 Å². The van der Waals surface area contributed by atoms with Gasteiger partial charge in [0.1, 0.15) is 11.5 Å². The molecule has 0 radical (unpaired) electrons. The number of nitrogens with zero attached hydrogens (tertiary/aromatic N) is 2. The molecule has 0 aliphatic heterocycles. The largest absolute Gasteiger partial charge is 0.457 e. The van der Waals surface area contributed by atoms with Crippen molar-refractivity contribution in [2.75, 3.05) is 0 Å². The molecule has 0 atom stereocenters. The monoisotopic (exact) mass is 608 g/mol. The van der Waals surface area contributed by atoms with E-state index in [1.165, 1.54) is 22.3 Å². The summed E-state index contributed by atoms with van der Waals surface area (Å²) < 4.78 is 6.71. The number of rotatable bonds is 4. The van der Waals surface area contributed by atoms with Gasteiger partial charge in [0.25, 0.3) is 0 Å². The first-order chi connectivity index (χ1) is 20.8. The Hall–Kier alpha value is -3.46. The lowest BCUT2D eigenvalue weighted by molar-refractivity contribution is 0.475. The van der Waals surface area contributed by atoms with E-state index in [0.717, 1.165) is 34.0 Å². The molecule has 0 saturated heterocycles. The highest BCUT2D eigenvalue weighted by Crippen LogP contribution is 2.38. The first-order valence-electron chi connectivity index (χ1n) is 16.7. The molecule has 2 aromatic heterocycles. The van der Waals surface area contributed by atoms with Gasteiger partial charge < -0.3 is 4.74 Å². The fourth-order valence-electron chi connectivity index (χ4n) is 4.72. The van der Waals surface area contributed by atoms with Crippen molar-refractivity contribution in [2.24, 2.45) is 0 Å². The van der Waals surface area contributed by atoms with Crippen LogP contribution in [0.3, 0.4) is 0 Å². The molecule has 0 amide bonds. The lowest BCUT2D eigenvalue weighted by Gasteiger charge is -2.24. The number of aromatic nitrogens is 2. The van der Waals surface area contributed by atoms with Gasteiger partial charge >= 0.3 is 0 Å². The summed E-state index contributed by atoms with van der Waals surface area (Å²) in [4.78, 5) is 9.52. The minimum atomic E-state index is -0.0501. The van der Waals surface area contributed by atoms with Gasteiger partial charge in [-0.05, 0) is 105 Å². The summed E-state index contributed by atoms with van der Waals surface area (Å²) in [5.74, 6) is 1.62. The number of hydrogen-bond acceptors (Lipinski definition) is 3. The van der Waals surface area contributed by atoms with E-state index in [-0.39, 0.29) is 21.7 Å². The van der Waals surface area contributed by atoms with Crippen LogP contribution in [-0.4, -0.2) is 9.97 Å². The molecular weight excluding hydrogens is 548 g/mol. The Kier molecular flexibility index (Phi) is 12.4. The quantitative estimate of drug-likeness (QED) is 0.231. The molecule has 2 heterocycles. The standard InChI is InChI=1S/C38H48N2O.2C2H6/c1-35(2,3)27-13-15-39-33(23-27)25-17-29(37(7,8)9)21-31(19-25)41-32-20-26(18-30(22-32)38(10,11)12)34-24-28(14-16-40-34)36(4,5)6;2*1-2/h13-24H,1-12H3;2*1-2H3. The van der Waals surface area contributed by atoms with Crippen LogP contribution in [0.1, 0.15) is 133 Å². The molecule has 4 aromatic rings. The SMILES string of the molecule is CC.CC.CC(C)(C)c1cc(Oc2cc(-c3cc(C(C)(C)C)ccn3)cc(C(C)(C)C)c2)cc(-c2cc(C(C)(C)C)ccn2)c1. The molecule has 0 bridgehead atoms. The number of hydrogen-bond donors (Lipinski definition) is 0. The van der Waals surface area contributed by atoms with Gasteiger partial charge in [-0.15, -0.1) is 0 Å². The lowest BCUT2D eigenvalue weighted by Crippen LogP contribution is -2.13. The predicted molar refractivity (Wildman–Crippen MR) is 197 cm³/mol. The molecule has 0 fully saturated rings. The molecule has 0 spiro atoms. The maximum Gasteiger partial charge on any atom is 0.128 e. The van der Waals surface area contributed by atoms with Crippen molar-refractivity contribution in [1.82, 2.24) is 9.97 Å². The Labute approximate surface area is 275 Å². The molecule has 3 nitrogen and oxygen atoms in total. The smallest absolute Gasteiger partial charge is 0.128 e. The van der Waals surface area contributed by atoms with Crippen molar-refractivity contribution in [3.8, 4) is 34.0 Å². The van der Waals surface area contributed by atoms with Crippen LogP contribution in [0.25, 0.3) is 22.5 Å². The average molecular weight is 609 g/mol. The van der Waals surface area contributed by atoms with Gasteiger partial charge in [0.2, 0.25) is 0 Å². The Balaban J connectivity index is 0.00000169. The Bertz CT molecular complexity index is 1420. The maximum absolute atomic E-state index is 6.71. The van der Waals surface area contributed by atoms with Gasteiger partial charge in [-0.1, -0.05) is 111 Å². The van der Waals surface area contributed by atoms with E-state index >= 15 is 0 Å². The Morgan fingerprint density at radius 1 is 0.400 bits per heavy atom. The van der Waals surface area contributed by atoms with Crippen LogP contribution in [0.2, 0.25) is 0 Å². The van der Waals surface area contributed by atoms with Crippen LogP contribution in [0, 0.1) is 0 Å². The third-order valence-electron chi connectivity index (χ3n) is 7.62. The molecule has 0 saturated carbocycles. The average Bonchev–Trinajstić information content (AvgIpc) is 2.97. The van der Waals surface area contributed by atoms with Crippen molar-refractivity contribution < 1.29 is 4.74 Å². The summed E-state index contributed by atoms with van der Waals surface area (Å²) in [5.41, 5.74) is 8.96. The first-order valence-corrected chi connectivity index (χ1v) is 16.7. The number of pyridine rings is 2. The summed E-state index contributed by atoms with van der Waals surface area (Å²) in [6.07, 6.45) is 3.83. The van der Waals surface area contributed by atoms with Crippen LogP contribution < -0.4 is 4.74 Å². The van der Waals surface area contributed by atoms with E-state index in [2.05, 4.69) is 144 Å². The molecule has 2 aromatic carbocycles. The molecular formula is C42H60N2O. The van der Waals surface area contributed by atoms with E-state index in [4.69, 9.17) is 14.7 Å². The predicted octanol–water partition coefficient (Wildman–Crippen LogP) is 12.8. The van der Waals surface area contributed by atoms with Crippen LogP contribution in [0.4, 0.5) is 0 Å². The minimum Gasteiger partial charge on any atom is -0.457 e. The topological polar surface area (TPSA) is 35.0 Å². The number of ether oxygens (including phenoxy) is 1. The molecule has 0 aliphatic rings. The highest BCUT2D eigenvalue weighted by atomic mass is 16.5. The normalized spacial score (nSPS) is 12.0. The fraction of sp³-hybridized carbons (Fsp3) is 0.476. The van der Waals surface area contributed by atoms with E-state index in [9.17, 15) is 0 Å². The molecule has 0 N–H and O–H groups in total. The molecule has 244 valence electrons. The zero-order valence-electron chi connectivity index (χ0n) is 31.2. The van der Waals surface area contributed by atoms with Crippen molar-refractivity contribution in [1.29, 1.82) is 0 Å². The van der Waals surface area contributed by atoms with Crippen molar-refractivity contribution in [2.45, 2.75) is 132 Å². The second-order valence-electron chi connectivity index (χ2n) is 15.5. The minimum absolute atomic E-state index is 0.0424. The summed E-state index contributed by atoms with van der Waals surface area (Å²) in [7, 11) is 0. The summed E-state index contributed by atoms with van der Waals surface area (Å²) in [6, 6.07) is 21.7. The molecule has 3 heteroatoms. The highest BCUT2D eigenvalue weighted by molar-refractivity contribution is 5.66. The fourth-order valence-corrected chi connectivity index (χ4v) is 4.72. The van der Waals surface area contributed by atoms with Gasteiger partial charge in [-0.2, -0.15) is 0 Å². The third-order valence-corrected chi connectivity index (χ3v) is 7.62. The Morgan fingerprint density at radius 2 is 0.711 bits per heavy atom. The second kappa shape index (κ2) is 14.8. The highest BCUT2D eigenvalue weighted by Gasteiger charge is 2.21. The second-order valence-corrected chi connectivity index (χ2v) is 15.5. The zero-order chi connectivity index (χ0) is 34.4. The molecule has 0 unspecified atom stereocenters. The van der Waals surface area contributed by atoms with Gasteiger partial charge in [0.05, 0.1) is 11.4 Å². The van der Waals surface area contributed by atoms with Crippen molar-refractivity contribution in [3.63, 3.8) is 0 Å². The molecule has 0 aliphatic carbocycles. The van der Waals surface area contributed by atoms with E-state index in [1.54, 1.807) is 0 Å². The van der Waals surface area contributed by atoms with E-state index in [1.807, 2.05) is 40.1 Å².